The fourth-order valence-electron chi connectivity index (χ4n) is 2.02. The number of carbonyl (C=O) groups is 1. The lowest BCUT2D eigenvalue weighted by Gasteiger charge is -2.11. The van der Waals surface area contributed by atoms with E-state index in [4.69, 9.17) is 19.5 Å². The summed E-state index contributed by atoms with van der Waals surface area (Å²) in [6, 6.07) is 5.54. The number of anilines is 1. The van der Waals surface area contributed by atoms with Crippen LogP contribution in [0.15, 0.2) is 22.6 Å². The van der Waals surface area contributed by atoms with Crippen LogP contribution in [0.3, 0.4) is 0 Å². The van der Waals surface area contributed by atoms with Crippen molar-refractivity contribution in [3.63, 3.8) is 0 Å². The maximum atomic E-state index is 11.5. The molecule has 1 heterocycles. The number of nitrogens with one attached hydrogen (secondary N) is 1. The van der Waals surface area contributed by atoms with Gasteiger partial charge in [0.2, 0.25) is 5.13 Å². The van der Waals surface area contributed by atoms with Crippen molar-refractivity contribution in [1.29, 1.82) is 5.26 Å². The van der Waals surface area contributed by atoms with Crippen molar-refractivity contribution in [3.05, 3.63) is 32.3 Å². The molecule has 1 N–H and O–H groups in total. The van der Waals surface area contributed by atoms with Crippen molar-refractivity contribution in [2.24, 2.45) is 5.10 Å². The van der Waals surface area contributed by atoms with Gasteiger partial charge in [-0.05, 0) is 47.2 Å². The minimum absolute atomic E-state index is 0.0560. The second-order valence-corrected chi connectivity index (χ2v) is 7.00. The molecular weight excluding hydrogens is 483 g/mol. The lowest BCUT2D eigenvalue weighted by Crippen LogP contribution is -2.07. The summed E-state index contributed by atoms with van der Waals surface area (Å²) in [5, 5.41) is 15.2. The van der Waals surface area contributed by atoms with Gasteiger partial charge in [0, 0.05) is 5.38 Å². The van der Waals surface area contributed by atoms with Gasteiger partial charge in [-0.3, -0.25) is 10.2 Å². The predicted octanol–water partition coefficient (Wildman–Crippen LogP) is 3.21. The number of rotatable bonds is 9. The zero-order chi connectivity index (χ0) is 19.6. The summed E-state index contributed by atoms with van der Waals surface area (Å²) >= 11 is 3.46. The highest BCUT2D eigenvalue weighted by atomic mass is 127. The van der Waals surface area contributed by atoms with Crippen LogP contribution in [0.1, 0.15) is 18.2 Å². The van der Waals surface area contributed by atoms with Crippen LogP contribution in [-0.4, -0.2) is 37.5 Å². The van der Waals surface area contributed by atoms with Crippen LogP contribution in [0, 0.1) is 14.9 Å². The molecule has 0 spiro atoms. The zero-order valence-electron chi connectivity index (χ0n) is 14.7. The molecule has 0 bridgehead atoms. The van der Waals surface area contributed by atoms with E-state index in [9.17, 15) is 4.79 Å². The third-order valence-corrected chi connectivity index (χ3v) is 4.69. The van der Waals surface area contributed by atoms with E-state index in [-0.39, 0.29) is 19.0 Å². The van der Waals surface area contributed by atoms with Crippen LogP contribution in [0.4, 0.5) is 5.13 Å². The van der Waals surface area contributed by atoms with Gasteiger partial charge in [0.15, 0.2) is 18.1 Å². The maximum Gasteiger partial charge on any atom is 0.311 e. The van der Waals surface area contributed by atoms with Gasteiger partial charge in [0.25, 0.3) is 0 Å². The number of aromatic nitrogens is 1. The topological polar surface area (TPSA) is 106 Å². The first kappa shape index (κ1) is 20.9. The molecular formula is C17H17IN4O4S. The second kappa shape index (κ2) is 10.7. The second-order valence-electron chi connectivity index (χ2n) is 4.98. The zero-order valence-corrected chi connectivity index (χ0v) is 17.7. The number of benzene rings is 1. The van der Waals surface area contributed by atoms with Gasteiger partial charge >= 0.3 is 5.97 Å². The number of esters is 1. The normalized spacial score (nSPS) is 10.4. The lowest BCUT2D eigenvalue weighted by atomic mass is 10.2. The van der Waals surface area contributed by atoms with E-state index in [2.05, 4.69) is 38.1 Å². The molecule has 0 aliphatic carbocycles. The Hall–Kier alpha value is -2.39. The van der Waals surface area contributed by atoms with Crippen molar-refractivity contribution in [1.82, 2.24) is 4.98 Å². The minimum atomic E-state index is -0.307. The van der Waals surface area contributed by atoms with Crippen molar-refractivity contribution < 1.29 is 19.0 Å². The molecule has 8 nitrogen and oxygen atoms in total. The smallest absolute Gasteiger partial charge is 0.311 e. The molecule has 0 saturated heterocycles. The molecule has 1 aromatic carbocycles. The summed E-state index contributed by atoms with van der Waals surface area (Å²) in [4.78, 5) is 15.7. The number of ether oxygens (including phenoxy) is 3. The van der Waals surface area contributed by atoms with E-state index in [0.717, 1.165) is 9.13 Å². The van der Waals surface area contributed by atoms with Gasteiger partial charge in [-0.25, -0.2) is 4.98 Å². The molecule has 27 heavy (non-hydrogen) atoms. The summed E-state index contributed by atoms with van der Waals surface area (Å²) in [6.07, 6.45) is 1.75. The number of hydrogen-bond donors (Lipinski definition) is 1. The van der Waals surface area contributed by atoms with Crippen molar-refractivity contribution in [2.45, 2.75) is 13.3 Å². The molecule has 0 aliphatic rings. The van der Waals surface area contributed by atoms with Gasteiger partial charge in [0.05, 0.1) is 35.6 Å². The molecule has 0 radical (unpaired) electrons. The Morgan fingerprint density at radius 3 is 3.04 bits per heavy atom. The molecule has 2 rings (SSSR count). The maximum absolute atomic E-state index is 11.5. The third-order valence-electron chi connectivity index (χ3n) is 3.09. The fourth-order valence-corrected chi connectivity index (χ4v) is 3.46. The quantitative estimate of drug-likeness (QED) is 0.244. The van der Waals surface area contributed by atoms with Crippen LogP contribution in [0.2, 0.25) is 0 Å². The Labute approximate surface area is 174 Å². The van der Waals surface area contributed by atoms with Gasteiger partial charge < -0.3 is 14.2 Å². The van der Waals surface area contributed by atoms with Gasteiger partial charge in [0.1, 0.15) is 6.07 Å². The SMILES string of the molecule is CCOC(=O)Cc1csc(NN=Cc2cc(I)c(OCC#N)c(OC)c2)n1. The van der Waals surface area contributed by atoms with Crippen LogP contribution in [-0.2, 0) is 16.0 Å². The highest BCUT2D eigenvalue weighted by Crippen LogP contribution is 2.33. The van der Waals surface area contributed by atoms with E-state index in [1.807, 2.05) is 12.1 Å². The predicted molar refractivity (Wildman–Crippen MR) is 110 cm³/mol. The fraction of sp³-hybridized carbons (Fsp3) is 0.294. The van der Waals surface area contributed by atoms with E-state index >= 15 is 0 Å². The van der Waals surface area contributed by atoms with Gasteiger partial charge in [-0.2, -0.15) is 10.4 Å². The van der Waals surface area contributed by atoms with Crippen molar-refractivity contribution >= 4 is 51.2 Å². The number of nitriles is 1. The Bertz CT molecular complexity index is 863. The lowest BCUT2D eigenvalue weighted by molar-refractivity contribution is -0.142. The standard InChI is InChI=1S/C17H17IN4O4S/c1-3-25-15(23)8-12-10-27-17(21-12)22-20-9-11-6-13(18)16(26-5-4-19)14(7-11)24-2/h6-7,9-10H,3,5,8H2,1-2H3,(H,21,22). The summed E-state index contributed by atoms with van der Waals surface area (Å²) in [5.74, 6) is 0.732. The molecule has 0 atom stereocenters. The summed E-state index contributed by atoms with van der Waals surface area (Å²) < 4.78 is 16.4. The molecule has 10 heteroatoms. The Morgan fingerprint density at radius 2 is 2.33 bits per heavy atom. The Morgan fingerprint density at radius 1 is 1.52 bits per heavy atom. The number of nitrogens with zero attached hydrogens (tertiary/aromatic N) is 3. The van der Waals surface area contributed by atoms with E-state index in [0.29, 0.717) is 28.9 Å². The van der Waals surface area contributed by atoms with Crippen molar-refractivity contribution in [2.75, 3.05) is 25.7 Å². The largest absolute Gasteiger partial charge is 0.493 e. The third kappa shape index (κ3) is 6.37. The summed E-state index contributed by atoms with van der Waals surface area (Å²) in [5.41, 5.74) is 4.25. The monoisotopic (exact) mass is 500 g/mol. The average Bonchev–Trinajstić information content (AvgIpc) is 3.07. The number of thiazole rings is 1. The molecule has 0 saturated carbocycles. The number of halogens is 1. The number of methoxy groups -OCH3 is 1. The first-order chi connectivity index (χ1) is 13.1. The molecule has 2 aromatic rings. The molecule has 1 aromatic heterocycles. The van der Waals surface area contributed by atoms with Crippen molar-refractivity contribution in [3.8, 4) is 17.6 Å². The average molecular weight is 500 g/mol. The summed E-state index contributed by atoms with van der Waals surface area (Å²) in [6.45, 7) is 2.06. The van der Waals surface area contributed by atoms with Crippen LogP contribution in [0.5, 0.6) is 11.5 Å². The van der Waals surface area contributed by atoms with Crippen LogP contribution < -0.4 is 14.9 Å². The molecule has 0 unspecified atom stereocenters. The Kier molecular flexibility index (Phi) is 8.28. The van der Waals surface area contributed by atoms with Gasteiger partial charge in [-0.15, -0.1) is 11.3 Å². The van der Waals surface area contributed by atoms with Crippen LogP contribution in [0.25, 0.3) is 0 Å². The first-order valence-corrected chi connectivity index (χ1v) is 9.79. The first-order valence-electron chi connectivity index (χ1n) is 7.83. The highest BCUT2D eigenvalue weighted by Gasteiger charge is 2.11. The minimum Gasteiger partial charge on any atom is -0.493 e. The van der Waals surface area contributed by atoms with E-state index < -0.39 is 0 Å². The Balaban J connectivity index is 2.02. The number of carbonyl (C=O) groups excluding carboxylic acids is 1. The van der Waals surface area contributed by atoms with Crippen LogP contribution >= 0.6 is 33.9 Å². The van der Waals surface area contributed by atoms with E-state index in [1.165, 1.54) is 18.4 Å². The molecule has 0 amide bonds. The van der Waals surface area contributed by atoms with E-state index in [1.54, 1.807) is 24.6 Å². The molecule has 142 valence electrons. The molecule has 0 aliphatic heterocycles. The summed E-state index contributed by atoms with van der Waals surface area (Å²) in [7, 11) is 1.53. The molecule has 0 fully saturated rings. The number of hydrogen-bond acceptors (Lipinski definition) is 9. The van der Waals surface area contributed by atoms with Gasteiger partial charge in [-0.1, -0.05) is 0 Å². The number of hydrazone groups is 1. The highest BCUT2D eigenvalue weighted by molar-refractivity contribution is 14.1.